The lowest BCUT2D eigenvalue weighted by Crippen LogP contribution is -2.35. The van der Waals surface area contributed by atoms with E-state index < -0.39 is 19.2 Å². The van der Waals surface area contributed by atoms with Crippen LogP contribution >= 0.6 is 0 Å². The van der Waals surface area contributed by atoms with Crippen LogP contribution in [-0.4, -0.2) is 28.3 Å². The molecule has 0 unspecified atom stereocenters. The third-order valence-electron chi connectivity index (χ3n) is 2.12. The smallest absolute Gasteiger partial charge is 0.392 e. The number of halogens is 3. The minimum absolute atomic E-state index is 0.0381. The van der Waals surface area contributed by atoms with Crippen molar-refractivity contribution < 1.29 is 17.9 Å². The molecular formula is C12H18F3N3O. The van der Waals surface area contributed by atoms with E-state index in [9.17, 15) is 13.2 Å². The molecule has 0 atom stereocenters. The highest BCUT2D eigenvalue weighted by Gasteiger charge is 2.26. The maximum absolute atomic E-state index is 11.9. The molecule has 0 aromatic carbocycles. The molecule has 0 amide bonds. The summed E-state index contributed by atoms with van der Waals surface area (Å²) >= 11 is 0. The minimum Gasteiger partial charge on any atom is -0.476 e. The van der Waals surface area contributed by atoms with Gasteiger partial charge in [-0.15, -0.1) is 0 Å². The second-order valence-corrected chi connectivity index (χ2v) is 5.16. The zero-order chi connectivity index (χ0) is 14.5. The van der Waals surface area contributed by atoms with Crippen LogP contribution in [0, 0.1) is 0 Å². The molecule has 1 heterocycles. The van der Waals surface area contributed by atoms with Crippen LogP contribution in [0.1, 0.15) is 32.9 Å². The summed E-state index contributed by atoms with van der Waals surface area (Å²) in [4.78, 5) is 7.97. The lowest BCUT2D eigenvalue weighted by atomic mass is 10.1. The Morgan fingerprint density at radius 1 is 1.16 bits per heavy atom. The molecule has 4 nitrogen and oxygen atoms in total. The Hall–Kier alpha value is -1.37. The Morgan fingerprint density at radius 3 is 2.32 bits per heavy atom. The van der Waals surface area contributed by atoms with Gasteiger partial charge in [0, 0.05) is 12.1 Å². The largest absolute Gasteiger partial charge is 0.476 e. The number of ether oxygens (including phenoxy) is 1. The van der Waals surface area contributed by atoms with Crippen molar-refractivity contribution in [2.75, 3.05) is 6.61 Å². The molecule has 0 radical (unpaired) electrons. The fourth-order valence-electron chi connectivity index (χ4n) is 1.14. The molecule has 0 spiro atoms. The van der Waals surface area contributed by atoms with E-state index in [1.165, 1.54) is 12.4 Å². The zero-order valence-corrected chi connectivity index (χ0v) is 11.2. The lowest BCUT2D eigenvalue weighted by molar-refractivity contribution is -0.139. The van der Waals surface area contributed by atoms with Gasteiger partial charge in [0.1, 0.15) is 0 Å². The number of hydrogen-bond acceptors (Lipinski definition) is 4. The average molecular weight is 277 g/mol. The summed E-state index contributed by atoms with van der Waals surface area (Å²) in [6.07, 6.45) is -2.40. The Labute approximate surface area is 110 Å². The molecule has 0 fully saturated rings. The van der Waals surface area contributed by atoms with E-state index in [1.807, 2.05) is 20.8 Å². The van der Waals surface area contributed by atoms with E-state index in [1.54, 1.807) is 0 Å². The molecule has 1 aromatic rings. The first kappa shape index (κ1) is 15.7. The molecule has 0 saturated carbocycles. The monoisotopic (exact) mass is 277 g/mol. The molecule has 0 aliphatic rings. The van der Waals surface area contributed by atoms with Gasteiger partial charge < -0.3 is 10.1 Å². The van der Waals surface area contributed by atoms with Crippen LogP contribution in [-0.2, 0) is 6.54 Å². The van der Waals surface area contributed by atoms with Gasteiger partial charge in [-0.2, -0.15) is 13.2 Å². The van der Waals surface area contributed by atoms with E-state index in [4.69, 9.17) is 4.74 Å². The molecule has 0 aliphatic carbocycles. The zero-order valence-electron chi connectivity index (χ0n) is 11.2. The van der Waals surface area contributed by atoms with Crippen LogP contribution in [0.4, 0.5) is 13.2 Å². The van der Waals surface area contributed by atoms with E-state index in [0.29, 0.717) is 12.2 Å². The first-order chi connectivity index (χ1) is 8.66. The first-order valence-electron chi connectivity index (χ1n) is 5.91. The maximum atomic E-state index is 11.9. The predicted octanol–water partition coefficient (Wildman–Crippen LogP) is 2.70. The molecule has 108 valence electrons. The second kappa shape index (κ2) is 6.18. The van der Waals surface area contributed by atoms with E-state index in [0.717, 1.165) is 0 Å². The van der Waals surface area contributed by atoms with E-state index >= 15 is 0 Å². The standard InChI is InChI=1S/C12H18F3N3O/c1-11(2,3)18-7-9-6-17-10(8-16-9)19-5-4-12(13,14)15/h6,8,18H,4-5,7H2,1-3H3. The Morgan fingerprint density at radius 2 is 1.84 bits per heavy atom. The molecule has 1 aromatic heterocycles. The van der Waals surface area contributed by atoms with Crippen molar-refractivity contribution in [2.24, 2.45) is 0 Å². The van der Waals surface area contributed by atoms with Crippen molar-refractivity contribution in [3.8, 4) is 5.88 Å². The highest BCUT2D eigenvalue weighted by molar-refractivity contribution is 5.07. The highest BCUT2D eigenvalue weighted by Crippen LogP contribution is 2.19. The number of nitrogens with one attached hydrogen (secondary N) is 1. The number of hydrogen-bond donors (Lipinski definition) is 1. The van der Waals surface area contributed by atoms with Crippen LogP contribution in [0.25, 0.3) is 0 Å². The van der Waals surface area contributed by atoms with Gasteiger partial charge >= 0.3 is 6.18 Å². The minimum atomic E-state index is -4.22. The number of rotatable bonds is 5. The summed E-state index contributed by atoms with van der Waals surface area (Å²) in [6.45, 7) is 6.16. The number of nitrogens with zero attached hydrogens (tertiary/aromatic N) is 2. The quantitative estimate of drug-likeness (QED) is 0.899. The Balaban J connectivity index is 2.39. The molecule has 7 heteroatoms. The average Bonchev–Trinajstić information content (AvgIpc) is 2.25. The summed E-state index contributed by atoms with van der Waals surface area (Å²) < 4.78 is 40.6. The Kier molecular flexibility index (Phi) is 5.11. The van der Waals surface area contributed by atoms with Gasteiger partial charge in [-0.1, -0.05) is 0 Å². The second-order valence-electron chi connectivity index (χ2n) is 5.16. The summed E-state index contributed by atoms with van der Waals surface area (Å²) in [5, 5.41) is 3.23. The van der Waals surface area contributed by atoms with Gasteiger partial charge in [0.05, 0.1) is 31.1 Å². The fourth-order valence-corrected chi connectivity index (χ4v) is 1.14. The third kappa shape index (κ3) is 7.61. The van der Waals surface area contributed by atoms with Crippen LogP contribution in [0.5, 0.6) is 5.88 Å². The van der Waals surface area contributed by atoms with Crippen LogP contribution in [0.2, 0.25) is 0 Å². The molecule has 0 aliphatic heterocycles. The van der Waals surface area contributed by atoms with Gasteiger partial charge in [-0.05, 0) is 20.8 Å². The van der Waals surface area contributed by atoms with Crippen LogP contribution in [0.3, 0.4) is 0 Å². The topological polar surface area (TPSA) is 47.0 Å². The first-order valence-corrected chi connectivity index (χ1v) is 5.91. The fraction of sp³-hybridized carbons (Fsp3) is 0.667. The predicted molar refractivity (Wildman–Crippen MR) is 64.8 cm³/mol. The normalized spacial score (nSPS) is 12.5. The van der Waals surface area contributed by atoms with Gasteiger partial charge in [0.15, 0.2) is 0 Å². The molecule has 1 rings (SSSR count). The van der Waals surface area contributed by atoms with Crippen molar-refractivity contribution in [2.45, 2.75) is 45.5 Å². The summed E-state index contributed by atoms with van der Waals surface area (Å²) in [7, 11) is 0. The highest BCUT2D eigenvalue weighted by atomic mass is 19.4. The van der Waals surface area contributed by atoms with Gasteiger partial charge in [-0.3, -0.25) is 4.98 Å². The van der Waals surface area contributed by atoms with E-state index in [2.05, 4.69) is 15.3 Å². The molecule has 1 N–H and O–H groups in total. The molecular weight excluding hydrogens is 259 g/mol. The van der Waals surface area contributed by atoms with Gasteiger partial charge in [0.2, 0.25) is 5.88 Å². The van der Waals surface area contributed by atoms with Crippen molar-refractivity contribution >= 4 is 0 Å². The Bertz CT molecular complexity index is 385. The van der Waals surface area contributed by atoms with Gasteiger partial charge in [-0.25, -0.2) is 4.98 Å². The lowest BCUT2D eigenvalue weighted by Gasteiger charge is -2.19. The van der Waals surface area contributed by atoms with E-state index in [-0.39, 0.29) is 11.4 Å². The third-order valence-corrected chi connectivity index (χ3v) is 2.12. The summed E-state index contributed by atoms with van der Waals surface area (Å²) in [5.74, 6) is 0.101. The maximum Gasteiger partial charge on any atom is 0.392 e. The van der Waals surface area contributed by atoms with Crippen molar-refractivity contribution in [3.05, 3.63) is 18.1 Å². The van der Waals surface area contributed by atoms with Crippen molar-refractivity contribution in [3.63, 3.8) is 0 Å². The molecule has 0 bridgehead atoms. The van der Waals surface area contributed by atoms with Crippen LogP contribution < -0.4 is 10.1 Å². The van der Waals surface area contributed by atoms with Gasteiger partial charge in [0.25, 0.3) is 0 Å². The molecule has 0 saturated heterocycles. The molecule has 19 heavy (non-hydrogen) atoms. The number of alkyl halides is 3. The summed E-state index contributed by atoms with van der Waals surface area (Å²) in [6, 6.07) is 0. The van der Waals surface area contributed by atoms with Crippen molar-refractivity contribution in [1.82, 2.24) is 15.3 Å². The number of aromatic nitrogens is 2. The van der Waals surface area contributed by atoms with Crippen molar-refractivity contribution in [1.29, 1.82) is 0 Å². The summed E-state index contributed by atoms with van der Waals surface area (Å²) in [5.41, 5.74) is 0.668. The van der Waals surface area contributed by atoms with Crippen LogP contribution in [0.15, 0.2) is 12.4 Å². The SMILES string of the molecule is CC(C)(C)NCc1cnc(OCCC(F)(F)F)cn1.